The van der Waals surface area contributed by atoms with Crippen molar-refractivity contribution in [2.45, 2.75) is 19.8 Å². The van der Waals surface area contributed by atoms with Gasteiger partial charge in [0.05, 0.1) is 12.9 Å². The van der Waals surface area contributed by atoms with Crippen LogP contribution in [-0.2, 0) is 9.53 Å². The molecule has 0 aromatic carbocycles. The Kier molecular flexibility index (Phi) is 6.48. The van der Waals surface area contributed by atoms with Crippen molar-refractivity contribution >= 4 is 5.91 Å². The van der Waals surface area contributed by atoms with E-state index in [-0.39, 0.29) is 5.91 Å². The highest BCUT2D eigenvalue weighted by Crippen LogP contribution is 1.81. The molecule has 11 heavy (non-hydrogen) atoms. The summed E-state index contributed by atoms with van der Waals surface area (Å²) in [4.78, 5) is 10.7. The molecule has 0 aromatic heterocycles. The lowest BCUT2D eigenvalue weighted by atomic mass is 10.4. The summed E-state index contributed by atoms with van der Waals surface area (Å²) in [7, 11) is 0. The largest absolute Gasteiger partial charge is 0.502 e. The first-order chi connectivity index (χ1) is 5.31. The SMILES string of the molecule is C=COCCCNC(=O)CC. The van der Waals surface area contributed by atoms with Crippen molar-refractivity contribution in [3.05, 3.63) is 12.8 Å². The highest BCUT2D eigenvalue weighted by atomic mass is 16.5. The number of amides is 1. The van der Waals surface area contributed by atoms with Gasteiger partial charge < -0.3 is 10.1 Å². The molecule has 0 saturated carbocycles. The van der Waals surface area contributed by atoms with Gasteiger partial charge in [-0.3, -0.25) is 4.79 Å². The second kappa shape index (κ2) is 7.12. The minimum Gasteiger partial charge on any atom is -0.502 e. The van der Waals surface area contributed by atoms with Crippen LogP contribution in [0.4, 0.5) is 0 Å². The number of hydrogen-bond acceptors (Lipinski definition) is 2. The number of carbonyl (C=O) groups excluding carboxylic acids is 1. The molecule has 0 aliphatic heterocycles. The Hall–Kier alpha value is -0.990. The van der Waals surface area contributed by atoms with E-state index in [1.165, 1.54) is 6.26 Å². The summed E-state index contributed by atoms with van der Waals surface area (Å²) < 4.78 is 4.86. The van der Waals surface area contributed by atoms with E-state index in [9.17, 15) is 4.79 Å². The van der Waals surface area contributed by atoms with Gasteiger partial charge in [-0.2, -0.15) is 0 Å². The lowest BCUT2D eigenvalue weighted by Crippen LogP contribution is -2.23. The fourth-order valence-electron chi connectivity index (χ4n) is 0.592. The molecule has 0 radical (unpaired) electrons. The number of carbonyl (C=O) groups is 1. The first-order valence-corrected chi connectivity index (χ1v) is 3.80. The molecule has 0 unspecified atom stereocenters. The lowest BCUT2D eigenvalue weighted by molar-refractivity contribution is -0.120. The molecule has 0 aliphatic rings. The van der Waals surface area contributed by atoms with Crippen LogP contribution in [0, 0.1) is 0 Å². The van der Waals surface area contributed by atoms with Crippen LogP contribution in [0.1, 0.15) is 19.8 Å². The van der Waals surface area contributed by atoms with E-state index in [0.717, 1.165) is 6.42 Å². The fourth-order valence-corrected chi connectivity index (χ4v) is 0.592. The van der Waals surface area contributed by atoms with Gasteiger partial charge in [-0.1, -0.05) is 13.5 Å². The minimum atomic E-state index is 0.0867. The maximum atomic E-state index is 10.7. The van der Waals surface area contributed by atoms with Gasteiger partial charge in [0, 0.05) is 13.0 Å². The first kappa shape index (κ1) is 10.0. The Morgan fingerprint density at radius 2 is 2.45 bits per heavy atom. The third kappa shape index (κ3) is 6.90. The summed E-state index contributed by atoms with van der Waals surface area (Å²) in [6, 6.07) is 0. The Morgan fingerprint density at radius 3 is 3.00 bits per heavy atom. The molecule has 0 spiro atoms. The maximum absolute atomic E-state index is 10.7. The number of nitrogens with one attached hydrogen (secondary N) is 1. The van der Waals surface area contributed by atoms with E-state index in [4.69, 9.17) is 4.74 Å². The molecule has 1 N–H and O–H groups in total. The Labute approximate surface area is 67.4 Å². The normalized spacial score (nSPS) is 8.82. The van der Waals surface area contributed by atoms with Crippen LogP contribution < -0.4 is 5.32 Å². The molecule has 0 saturated heterocycles. The van der Waals surface area contributed by atoms with Crippen LogP contribution in [0.2, 0.25) is 0 Å². The summed E-state index contributed by atoms with van der Waals surface area (Å²) in [5, 5.41) is 2.74. The summed E-state index contributed by atoms with van der Waals surface area (Å²) in [5.74, 6) is 0.0867. The standard InChI is InChI=1S/C8H15NO2/c1-3-8(10)9-6-5-7-11-4-2/h4H,2-3,5-7H2,1H3,(H,9,10). The highest BCUT2D eigenvalue weighted by Gasteiger charge is 1.93. The van der Waals surface area contributed by atoms with Gasteiger partial charge >= 0.3 is 0 Å². The van der Waals surface area contributed by atoms with Crippen LogP contribution in [0.3, 0.4) is 0 Å². The molecule has 1 amide bonds. The molecule has 0 atom stereocenters. The highest BCUT2D eigenvalue weighted by molar-refractivity contribution is 5.75. The quantitative estimate of drug-likeness (QED) is 0.462. The van der Waals surface area contributed by atoms with Gasteiger partial charge in [0.25, 0.3) is 0 Å². The monoisotopic (exact) mass is 157 g/mol. The zero-order chi connectivity index (χ0) is 8.53. The second-order valence-electron chi connectivity index (χ2n) is 2.09. The van der Waals surface area contributed by atoms with E-state index in [1.807, 2.05) is 6.92 Å². The molecule has 3 heteroatoms. The Balaban J connectivity index is 3.01. The average molecular weight is 157 g/mol. The maximum Gasteiger partial charge on any atom is 0.219 e. The van der Waals surface area contributed by atoms with E-state index < -0.39 is 0 Å². The van der Waals surface area contributed by atoms with Crippen molar-refractivity contribution in [3.63, 3.8) is 0 Å². The molecule has 0 aromatic rings. The zero-order valence-electron chi connectivity index (χ0n) is 6.93. The van der Waals surface area contributed by atoms with Crippen LogP contribution in [0.15, 0.2) is 12.8 Å². The van der Waals surface area contributed by atoms with Gasteiger partial charge in [-0.05, 0) is 6.42 Å². The van der Waals surface area contributed by atoms with E-state index in [0.29, 0.717) is 19.6 Å². The molecular formula is C8H15NO2. The molecule has 0 bridgehead atoms. The molecule has 64 valence electrons. The van der Waals surface area contributed by atoms with Crippen molar-refractivity contribution in [3.8, 4) is 0 Å². The smallest absolute Gasteiger partial charge is 0.219 e. The topological polar surface area (TPSA) is 38.3 Å². The van der Waals surface area contributed by atoms with Crippen molar-refractivity contribution < 1.29 is 9.53 Å². The van der Waals surface area contributed by atoms with Crippen molar-refractivity contribution in [1.29, 1.82) is 0 Å². The fraction of sp³-hybridized carbons (Fsp3) is 0.625. The summed E-state index contributed by atoms with van der Waals surface area (Å²) in [6.45, 7) is 6.53. The average Bonchev–Trinajstić information content (AvgIpc) is 2.04. The number of hydrogen-bond donors (Lipinski definition) is 1. The van der Waals surface area contributed by atoms with Crippen LogP contribution in [-0.4, -0.2) is 19.1 Å². The molecule has 0 aliphatic carbocycles. The Bertz CT molecular complexity index is 123. The van der Waals surface area contributed by atoms with E-state index in [1.54, 1.807) is 0 Å². The lowest BCUT2D eigenvalue weighted by Gasteiger charge is -2.02. The molecule has 0 rings (SSSR count). The van der Waals surface area contributed by atoms with Gasteiger partial charge in [0.1, 0.15) is 0 Å². The zero-order valence-corrected chi connectivity index (χ0v) is 6.93. The Morgan fingerprint density at radius 1 is 1.73 bits per heavy atom. The summed E-state index contributed by atoms with van der Waals surface area (Å²) in [5.41, 5.74) is 0. The van der Waals surface area contributed by atoms with Crippen LogP contribution in [0.5, 0.6) is 0 Å². The van der Waals surface area contributed by atoms with E-state index >= 15 is 0 Å². The molecule has 3 nitrogen and oxygen atoms in total. The van der Waals surface area contributed by atoms with Gasteiger partial charge in [0.2, 0.25) is 5.91 Å². The molecule has 0 heterocycles. The van der Waals surface area contributed by atoms with Crippen molar-refractivity contribution in [2.75, 3.05) is 13.2 Å². The van der Waals surface area contributed by atoms with Gasteiger partial charge in [0.15, 0.2) is 0 Å². The number of ether oxygens (including phenoxy) is 1. The van der Waals surface area contributed by atoms with Crippen molar-refractivity contribution in [2.24, 2.45) is 0 Å². The molecule has 0 fully saturated rings. The minimum absolute atomic E-state index is 0.0867. The van der Waals surface area contributed by atoms with Crippen LogP contribution in [0.25, 0.3) is 0 Å². The van der Waals surface area contributed by atoms with E-state index in [2.05, 4.69) is 11.9 Å². The van der Waals surface area contributed by atoms with Gasteiger partial charge in [-0.15, -0.1) is 0 Å². The first-order valence-electron chi connectivity index (χ1n) is 3.80. The number of rotatable bonds is 6. The molecular weight excluding hydrogens is 142 g/mol. The summed E-state index contributed by atoms with van der Waals surface area (Å²) in [6.07, 6.45) is 2.78. The van der Waals surface area contributed by atoms with Gasteiger partial charge in [-0.25, -0.2) is 0 Å². The van der Waals surface area contributed by atoms with Crippen LogP contribution >= 0.6 is 0 Å². The summed E-state index contributed by atoms with van der Waals surface area (Å²) >= 11 is 0. The third-order valence-electron chi connectivity index (χ3n) is 1.20. The predicted molar refractivity (Wildman–Crippen MR) is 44.1 cm³/mol. The predicted octanol–water partition coefficient (Wildman–Crippen LogP) is 1.06. The third-order valence-corrected chi connectivity index (χ3v) is 1.20. The second-order valence-corrected chi connectivity index (χ2v) is 2.09. The van der Waals surface area contributed by atoms with Crippen molar-refractivity contribution in [1.82, 2.24) is 5.32 Å².